The summed E-state index contributed by atoms with van der Waals surface area (Å²) in [6.45, 7) is 3.24. The molecule has 20 heavy (non-hydrogen) atoms. The van der Waals surface area contributed by atoms with E-state index >= 15 is 0 Å². The molecule has 0 saturated heterocycles. The van der Waals surface area contributed by atoms with Gasteiger partial charge in [-0.1, -0.05) is 24.4 Å². The lowest BCUT2D eigenvalue weighted by Crippen LogP contribution is -2.40. The fourth-order valence-electron chi connectivity index (χ4n) is 3.14. The summed E-state index contributed by atoms with van der Waals surface area (Å²) in [7, 11) is 0. The number of hydrogen-bond donors (Lipinski definition) is 1. The first-order valence-corrected chi connectivity index (χ1v) is 7.97. The zero-order valence-electron chi connectivity index (χ0n) is 12.3. The van der Waals surface area contributed by atoms with Crippen molar-refractivity contribution in [3.63, 3.8) is 0 Å². The zero-order chi connectivity index (χ0) is 13.9. The molecule has 5 nitrogen and oxygen atoms in total. The van der Waals surface area contributed by atoms with E-state index in [9.17, 15) is 5.11 Å². The summed E-state index contributed by atoms with van der Waals surface area (Å²) < 4.78 is 5.33. The molecule has 1 unspecified atom stereocenters. The van der Waals surface area contributed by atoms with Gasteiger partial charge in [0.25, 0.3) is 0 Å². The van der Waals surface area contributed by atoms with E-state index in [1.807, 2.05) is 6.92 Å². The molecule has 2 aliphatic carbocycles. The summed E-state index contributed by atoms with van der Waals surface area (Å²) in [4.78, 5) is 6.85. The highest BCUT2D eigenvalue weighted by Crippen LogP contribution is 2.38. The van der Waals surface area contributed by atoms with Crippen LogP contribution in [-0.2, 0) is 6.54 Å². The van der Waals surface area contributed by atoms with E-state index in [2.05, 4.69) is 15.0 Å². The van der Waals surface area contributed by atoms with Crippen molar-refractivity contribution in [3.05, 3.63) is 11.7 Å². The fraction of sp³-hybridized carbons (Fsp3) is 0.867. The van der Waals surface area contributed by atoms with E-state index in [-0.39, 0.29) is 6.10 Å². The predicted octanol–water partition coefficient (Wildman–Crippen LogP) is 2.46. The second-order valence-corrected chi connectivity index (χ2v) is 6.39. The first-order valence-electron chi connectivity index (χ1n) is 7.97. The zero-order valence-corrected chi connectivity index (χ0v) is 12.3. The Morgan fingerprint density at radius 1 is 1.25 bits per heavy atom. The van der Waals surface area contributed by atoms with Crippen LogP contribution in [0.15, 0.2) is 4.52 Å². The SMILES string of the molecule is CC(O)CN(Cc1noc(C2CC2)n1)C1CCCCC1. The molecular weight excluding hydrogens is 254 g/mol. The monoisotopic (exact) mass is 279 g/mol. The normalized spacial score (nSPS) is 22.4. The number of rotatable bonds is 6. The van der Waals surface area contributed by atoms with Gasteiger partial charge in [0.2, 0.25) is 5.89 Å². The quantitative estimate of drug-likeness (QED) is 0.866. The van der Waals surface area contributed by atoms with E-state index < -0.39 is 0 Å². The lowest BCUT2D eigenvalue weighted by atomic mass is 9.94. The highest BCUT2D eigenvalue weighted by Gasteiger charge is 2.30. The Balaban J connectivity index is 1.64. The van der Waals surface area contributed by atoms with Crippen LogP contribution < -0.4 is 0 Å². The Bertz CT molecular complexity index is 423. The Hall–Kier alpha value is -0.940. The largest absolute Gasteiger partial charge is 0.392 e. The molecule has 0 bridgehead atoms. The van der Waals surface area contributed by atoms with Crippen LogP contribution in [0, 0.1) is 0 Å². The molecule has 1 heterocycles. The van der Waals surface area contributed by atoms with Gasteiger partial charge in [0, 0.05) is 18.5 Å². The Morgan fingerprint density at radius 2 is 2.00 bits per heavy atom. The molecular formula is C15H25N3O2. The molecule has 1 aromatic rings. The molecule has 1 N–H and O–H groups in total. The molecule has 0 aromatic carbocycles. The molecule has 2 fully saturated rings. The van der Waals surface area contributed by atoms with E-state index in [0.717, 1.165) is 11.7 Å². The summed E-state index contributed by atoms with van der Waals surface area (Å²) >= 11 is 0. The Labute approximate surface area is 120 Å². The van der Waals surface area contributed by atoms with Crippen LogP contribution in [0.25, 0.3) is 0 Å². The maximum atomic E-state index is 9.73. The number of nitrogens with zero attached hydrogens (tertiary/aromatic N) is 3. The number of aliphatic hydroxyl groups excluding tert-OH is 1. The van der Waals surface area contributed by atoms with Gasteiger partial charge >= 0.3 is 0 Å². The van der Waals surface area contributed by atoms with Crippen LogP contribution in [-0.4, -0.2) is 38.8 Å². The number of aliphatic hydroxyl groups is 1. The number of hydrogen-bond acceptors (Lipinski definition) is 5. The van der Waals surface area contributed by atoms with Crippen LogP contribution >= 0.6 is 0 Å². The van der Waals surface area contributed by atoms with Gasteiger partial charge in [0.05, 0.1) is 12.6 Å². The van der Waals surface area contributed by atoms with Gasteiger partial charge in [-0.05, 0) is 32.6 Å². The van der Waals surface area contributed by atoms with Crippen LogP contribution in [0.5, 0.6) is 0 Å². The van der Waals surface area contributed by atoms with Crippen molar-refractivity contribution in [1.82, 2.24) is 15.0 Å². The molecule has 0 spiro atoms. The fourth-order valence-corrected chi connectivity index (χ4v) is 3.14. The van der Waals surface area contributed by atoms with Crippen molar-refractivity contribution in [2.45, 2.75) is 76.5 Å². The summed E-state index contributed by atoms with van der Waals surface area (Å²) in [5, 5.41) is 13.8. The third-order valence-electron chi connectivity index (χ3n) is 4.34. The highest BCUT2D eigenvalue weighted by atomic mass is 16.5. The van der Waals surface area contributed by atoms with Crippen molar-refractivity contribution in [2.24, 2.45) is 0 Å². The molecule has 2 saturated carbocycles. The first-order chi connectivity index (χ1) is 9.72. The van der Waals surface area contributed by atoms with Crippen LogP contribution in [0.3, 0.4) is 0 Å². The van der Waals surface area contributed by atoms with Gasteiger partial charge in [-0.2, -0.15) is 4.98 Å². The second-order valence-electron chi connectivity index (χ2n) is 6.39. The average Bonchev–Trinajstić information content (AvgIpc) is 3.19. The summed E-state index contributed by atoms with van der Waals surface area (Å²) in [6, 6.07) is 0.557. The minimum atomic E-state index is -0.313. The number of aromatic nitrogens is 2. The maximum Gasteiger partial charge on any atom is 0.229 e. The third kappa shape index (κ3) is 3.58. The predicted molar refractivity (Wildman–Crippen MR) is 75.2 cm³/mol. The summed E-state index contributed by atoms with van der Waals surface area (Å²) in [5.41, 5.74) is 0. The van der Waals surface area contributed by atoms with Crippen LogP contribution in [0.4, 0.5) is 0 Å². The maximum absolute atomic E-state index is 9.73. The molecule has 0 radical (unpaired) electrons. The van der Waals surface area contributed by atoms with E-state index in [1.54, 1.807) is 0 Å². The van der Waals surface area contributed by atoms with E-state index in [1.165, 1.54) is 44.9 Å². The van der Waals surface area contributed by atoms with Crippen molar-refractivity contribution in [1.29, 1.82) is 0 Å². The van der Waals surface area contributed by atoms with Gasteiger partial charge in [-0.15, -0.1) is 0 Å². The standard InChI is InChI=1S/C15H25N3O2/c1-11(19)9-18(13-5-3-2-4-6-13)10-14-16-15(20-17-14)12-7-8-12/h11-13,19H,2-10H2,1H3. The molecule has 1 atom stereocenters. The Kier molecular flexibility index (Phi) is 4.36. The minimum Gasteiger partial charge on any atom is -0.392 e. The average molecular weight is 279 g/mol. The molecule has 0 amide bonds. The van der Waals surface area contributed by atoms with Crippen molar-refractivity contribution >= 4 is 0 Å². The van der Waals surface area contributed by atoms with E-state index in [4.69, 9.17) is 4.52 Å². The summed E-state index contributed by atoms with van der Waals surface area (Å²) in [5.74, 6) is 2.09. The van der Waals surface area contributed by atoms with Gasteiger partial charge in [-0.25, -0.2) is 0 Å². The first kappa shape index (κ1) is 14.0. The van der Waals surface area contributed by atoms with Crippen LogP contribution in [0.1, 0.15) is 69.5 Å². The highest BCUT2D eigenvalue weighted by molar-refractivity contribution is 5.01. The van der Waals surface area contributed by atoms with E-state index in [0.29, 0.717) is 25.0 Å². The molecule has 2 aliphatic rings. The smallest absolute Gasteiger partial charge is 0.229 e. The Morgan fingerprint density at radius 3 is 2.65 bits per heavy atom. The molecule has 3 rings (SSSR count). The third-order valence-corrected chi connectivity index (χ3v) is 4.34. The molecule has 5 heteroatoms. The van der Waals surface area contributed by atoms with Gasteiger partial charge in [0.1, 0.15) is 0 Å². The lowest BCUT2D eigenvalue weighted by molar-refractivity contribution is 0.0744. The second kappa shape index (κ2) is 6.22. The van der Waals surface area contributed by atoms with Gasteiger partial charge < -0.3 is 9.63 Å². The van der Waals surface area contributed by atoms with Crippen molar-refractivity contribution in [2.75, 3.05) is 6.54 Å². The molecule has 0 aliphatic heterocycles. The lowest BCUT2D eigenvalue weighted by Gasteiger charge is -2.34. The van der Waals surface area contributed by atoms with Gasteiger partial charge in [0.15, 0.2) is 5.82 Å². The molecule has 112 valence electrons. The van der Waals surface area contributed by atoms with Crippen molar-refractivity contribution in [3.8, 4) is 0 Å². The topological polar surface area (TPSA) is 62.4 Å². The molecule has 1 aromatic heterocycles. The van der Waals surface area contributed by atoms with Crippen molar-refractivity contribution < 1.29 is 9.63 Å². The minimum absolute atomic E-state index is 0.313. The van der Waals surface area contributed by atoms with Crippen LogP contribution in [0.2, 0.25) is 0 Å². The van der Waals surface area contributed by atoms with Gasteiger partial charge in [-0.3, -0.25) is 4.90 Å². The summed E-state index contributed by atoms with van der Waals surface area (Å²) in [6.07, 6.45) is 8.42.